The molecular weight excluding hydrogens is 232 g/mol. The molecule has 18 heavy (non-hydrogen) atoms. The molecule has 1 aromatic heterocycles. The number of rotatable bonds is 3. The molecule has 0 unspecified atom stereocenters. The highest BCUT2D eigenvalue weighted by Gasteiger charge is 2.23. The number of aromatic nitrogens is 2. The van der Waals surface area contributed by atoms with Crippen molar-refractivity contribution in [1.82, 2.24) is 9.55 Å². The van der Waals surface area contributed by atoms with Gasteiger partial charge in [0, 0.05) is 0 Å². The van der Waals surface area contributed by atoms with Crippen LogP contribution < -0.4 is 0 Å². The van der Waals surface area contributed by atoms with E-state index in [1.165, 1.54) is 16.7 Å². The van der Waals surface area contributed by atoms with Gasteiger partial charge in [0.15, 0.2) is 0 Å². The second kappa shape index (κ2) is 5.18. The second-order valence-electron chi connectivity index (χ2n) is 4.68. The number of imidazole rings is 1. The SMILES string of the molecule is C=Cc1nc(CO)n(C(=O)OC(C)(C)C)c1C=C. The molecular formula is C13H18N2O3. The molecule has 0 amide bonds. The molecule has 1 heterocycles. The molecule has 1 aromatic rings. The van der Waals surface area contributed by atoms with Crippen LogP contribution in [-0.2, 0) is 11.3 Å². The first-order valence-electron chi connectivity index (χ1n) is 5.54. The van der Waals surface area contributed by atoms with Gasteiger partial charge in [-0.05, 0) is 32.9 Å². The molecule has 0 saturated carbocycles. The van der Waals surface area contributed by atoms with Gasteiger partial charge >= 0.3 is 6.09 Å². The van der Waals surface area contributed by atoms with Gasteiger partial charge in [0.05, 0.1) is 11.4 Å². The Morgan fingerprint density at radius 3 is 2.44 bits per heavy atom. The molecule has 0 fully saturated rings. The van der Waals surface area contributed by atoms with Gasteiger partial charge in [0.1, 0.15) is 18.0 Å². The molecule has 0 radical (unpaired) electrons. The molecule has 0 aliphatic heterocycles. The summed E-state index contributed by atoms with van der Waals surface area (Å²) in [5.74, 6) is 0.203. The van der Waals surface area contributed by atoms with Gasteiger partial charge in [-0.2, -0.15) is 0 Å². The maximum atomic E-state index is 12.1. The van der Waals surface area contributed by atoms with Crippen molar-refractivity contribution in [2.24, 2.45) is 0 Å². The van der Waals surface area contributed by atoms with Crippen molar-refractivity contribution in [1.29, 1.82) is 0 Å². The number of hydrogen-bond donors (Lipinski definition) is 1. The van der Waals surface area contributed by atoms with Crippen LogP contribution in [0.15, 0.2) is 13.2 Å². The zero-order valence-corrected chi connectivity index (χ0v) is 10.9. The largest absolute Gasteiger partial charge is 0.443 e. The maximum Gasteiger partial charge on any atom is 0.420 e. The van der Waals surface area contributed by atoms with Gasteiger partial charge in [0.25, 0.3) is 0 Å². The lowest BCUT2D eigenvalue weighted by molar-refractivity contribution is 0.0523. The molecule has 0 bridgehead atoms. The van der Waals surface area contributed by atoms with E-state index in [4.69, 9.17) is 4.74 Å². The summed E-state index contributed by atoms with van der Waals surface area (Å²) in [5, 5.41) is 9.23. The molecule has 0 saturated heterocycles. The van der Waals surface area contributed by atoms with Gasteiger partial charge in [-0.1, -0.05) is 13.2 Å². The zero-order valence-electron chi connectivity index (χ0n) is 10.9. The number of ether oxygens (including phenoxy) is 1. The van der Waals surface area contributed by atoms with Gasteiger partial charge in [-0.15, -0.1) is 0 Å². The highest BCUT2D eigenvalue weighted by Crippen LogP contribution is 2.18. The van der Waals surface area contributed by atoms with E-state index in [1.54, 1.807) is 20.8 Å². The smallest absolute Gasteiger partial charge is 0.420 e. The maximum absolute atomic E-state index is 12.1. The molecule has 0 atom stereocenters. The fourth-order valence-electron chi connectivity index (χ4n) is 1.46. The molecule has 98 valence electrons. The molecule has 0 spiro atoms. The standard InChI is InChI=1S/C13H18N2O3/c1-6-9-10(7-2)15(11(8-16)14-9)12(17)18-13(3,4)5/h6-7,16H,1-2,8H2,3-5H3. The van der Waals surface area contributed by atoms with Crippen LogP contribution in [0.5, 0.6) is 0 Å². The number of hydrogen-bond acceptors (Lipinski definition) is 4. The minimum absolute atomic E-state index is 0.203. The summed E-state index contributed by atoms with van der Waals surface area (Å²) < 4.78 is 6.46. The number of carbonyl (C=O) groups excluding carboxylic acids is 1. The zero-order chi connectivity index (χ0) is 13.9. The third kappa shape index (κ3) is 2.87. The van der Waals surface area contributed by atoms with E-state index in [2.05, 4.69) is 18.1 Å². The quantitative estimate of drug-likeness (QED) is 0.894. The normalized spacial score (nSPS) is 11.1. The summed E-state index contributed by atoms with van der Waals surface area (Å²) in [6, 6.07) is 0. The summed E-state index contributed by atoms with van der Waals surface area (Å²) >= 11 is 0. The average Bonchev–Trinajstić information content (AvgIpc) is 2.64. The minimum Gasteiger partial charge on any atom is -0.443 e. The van der Waals surface area contributed by atoms with E-state index in [1.807, 2.05) is 0 Å². The lowest BCUT2D eigenvalue weighted by atomic mass is 10.2. The van der Waals surface area contributed by atoms with E-state index >= 15 is 0 Å². The summed E-state index contributed by atoms with van der Waals surface area (Å²) in [6.07, 6.45) is 2.38. The Hall–Kier alpha value is -1.88. The minimum atomic E-state index is -0.624. The van der Waals surface area contributed by atoms with Crippen molar-refractivity contribution < 1.29 is 14.6 Å². The summed E-state index contributed by atoms with van der Waals surface area (Å²) in [7, 11) is 0. The Bertz CT molecular complexity index is 481. The molecule has 5 nitrogen and oxygen atoms in total. The highest BCUT2D eigenvalue weighted by molar-refractivity contribution is 5.77. The fraction of sp³-hybridized carbons (Fsp3) is 0.385. The topological polar surface area (TPSA) is 64.4 Å². The summed E-state index contributed by atoms with van der Waals surface area (Å²) in [6.45, 7) is 12.2. The predicted molar refractivity (Wildman–Crippen MR) is 70.0 cm³/mol. The third-order valence-corrected chi connectivity index (χ3v) is 2.12. The van der Waals surface area contributed by atoms with Crippen LogP contribution in [0, 0.1) is 0 Å². The molecule has 1 rings (SSSR count). The molecule has 0 aliphatic rings. The Labute approximate surface area is 106 Å². The van der Waals surface area contributed by atoms with Crippen molar-refractivity contribution >= 4 is 18.2 Å². The summed E-state index contributed by atoms with van der Waals surface area (Å²) in [5.41, 5.74) is 0.323. The molecule has 0 aromatic carbocycles. The monoisotopic (exact) mass is 250 g/mol. The lowest BCUT2D eigenvalue weighted by Crippen LogP contribution is -2.28. The van der Waals surface area contributed by atoms with Gasteiger partial charge in [-0.3, -0.25) is 0 Å². The summed E-state index contributed by atoms with van der Waals surface area (Å²) in [4.78, 5) is 16.1. The van der Waals surface area contributed by atoms with Gasteiger partial charge in [-0.25, -0.2) is 14.3 Å². The predicted octanol–water partition coefficient (Wildman–Crippen LogP) is 2.44. The number of aliphatic hydroxyl groups is 1. The first-order valence-corrected chi connectivity index (χ1v) is 5.54. The first kappa shape index (κ1) is 14.2. The van der Waals surface area contributed by atoms with Crippen LogP contribution in [0.2, 0.25) is 0 Å². The number of carbonyl (C=O) groups is 1. The van der Waals surface area contributed by atoms with Crippen molar-refractivity contribution in [2.75, 3.05) is 0 Å². The Morgan fingerprint density at radius 1 is 1.44 bits per heavy atom. The van der Waals surface area contributed by atoms with Crippen molar-refractivity contribution in [3.63, 3.8) is 0 Å². The fourth-order valence-corrected chi connectivity index (χ4v) is 1.46. The number of aliphatic hydroxyl groups excluding tert-OH is 1. The van der Waals surface area contributed by atoms with Crippen molar-refractivity contribution in [2.45, 2.75) is 33.0 Å². The Kier molecular flexibility index (Phi) is 4.08. The van der Waals surface area contributed by atoms with Crippen LogP contribution in [0.25, 0.3) is 12.2 Å². The van der Waals surface area contributed by atoms with Gasteiger partial charge in [0.2, 0.25) is 0 Å². The molecule has 1 N–H and O–H groups in total. The lowest BCUT2D eigenvalue weighted by Gasteiger charge is -2.20. The van der Waals surface area contributed by atoms with E-state index in [0.29, 0.717) is 11.4 Å². The van der Waals surface area contributed by atoms with Crippen LogP contribution in [0.1, 0.15) is 38.0 Å². The van der Waals surface area contributed by atoms with Gasteiger partial charge < -0.3 is 9.84 Å². The van der Waals surface area contributed by atoms with E-state index in [0.717, 1.165) is 0 Å². The van der Waals surface area contributed by atoms with Crippen LogP contribution in [-0.4, -0.2) is 26.4 Å². The first-order chi connectivity index (χ1) is 8.34. The Morgan fingerprint density at radius 2 is 2.06 bits per heavy atom. The Balaban J connectivity index is 3.29. The van der Waals surface area contributed by atoms with Crippen molar-refractivity contribution in [3.8, 4) is 0 Å². The van der Waals surface area contributed by atoms with Crippen LogP contribution in [0.3, 0.4) is 0 Å². The number of nitrogens with zero attached hydrogens (tertiary/aromatic N) is 2. The van der Waals surface area contributed by atoms with E-state index < -0.39 is 11.7 Å². The average molecular weight is 250 g/mol. The van der Waals surface area contributed by atoms with E-state index in [-0.39, 0.29) is 12.4 Å². The second-order valence-corrected chi connectivity index (χ2v) is 4.68. The van der Waals surface area contributed by atoms with E-state index in [9.17, 15) is 9.90 Å². The van der Waals surface area contributed by atoms with Crippen LogP contribution in [0.4, 0.5) is 4.79 Å². The third-order valence-electron chi connectivity index (χ3n) is 2.12. The highest BCUT2D eigenvalue weighted by atomic mass is 16.6. The van der Waals surface area contributed by atoms with Crippen LogP contribution >= 0.6 is 0 Å². The van der Waals surface area contributed by atoms with Crippen molar-refractivity contribution in [3.05, 3.63) is 30.4 Å². The molecule has 5 heteroatoms. The molecule has 0 aliphatic carbocycles.